The minimum Gasteiger partial charge on any atom is -0.324 e. The van der Waals surface area contributed by atoms with E-state index in [1.807, 2.05) is 35.4 Å². The number of amides is 2. The first kappa shape index (κ1) is 13.3. The van der Waals surface area contributed by atoms with Crippen LogP contribution in [-0.4, -0.2) is 30.3 Å². The summed E-state index contributed by atoms with van der Waals surface area (Å²) in [5.74, 6) is 0.614. The Labute approximate surface area is 113 Å². The molecule has 2 rings (SSSR count). The van der Waals surface area contributed by atoms with Gasteiger partial charge in [-0.2, -0.15) is 0 Å². The smallest absolute Gasteiger partial charge is 0.321 e. The van der Waals surface area contributed by atoms with E-state index in [0.29, 0.717) is 5.92 Å². The molecule has 1 aliphatic rings. The number of hydrogen-bond acceptors (Lipinski definition) is 2. The molecule has 1 aromatic rings. The summed E-state index contributed by atoms with van der Waals surface area (Å²) < 4.78 is 0. The van der Waals surface area contributed by atoms with Crippen molar-refractivity contribution in [1.29, 1.82) is 0 Å². The molecular weight excluding hydrogens is 244 g/mol. The zero-order valence-corrected chi connectivity index (χ0v) is 11.8. The SMILES string of the molecule is CSc1ccc(NC(=O)N2CCCC(C)C2)cc1. The van der Waals surface area contributed by atoms with Crippen molar-refractivity contribution >= 4 is 23.5 Å². The van der Waals surface area contributed by atoms with Crippen molar-refractivity contribution in [3.8, 4) is 0 Å². The quantitative estimate of drug-likeness (QED) is 0.827. The van der Waals surface area contributed by atoms with Crippen LogP contribution in [0.3, 0.4) is 0 Å². The molecule has 18 heavy (non-hydrogen) atoms. The van der Waals surface area contributed by atoms with Crippen molar-refractivity contribution < 1.29 is 4.79 Å². The minimum atomic E-state index is 0.0263. The lowest BCUT2D eigenvalue weighted by atomic mass is 10.0. The van der Waals surface area contributed by atoms with E-state index in [2.05, 4.69) is 12.2 Å². The maximum atomic E-state index is 12.1. The second-order valence-electron chi connectivity index (χ2n) is 4.85. The molecule has 1 heterocycles. The maximum absolute atomic E-state index is 12.1. The molecule has 2 amide bonds. The van der Waals surface area contributed by atoms with E-state index in [9.17, 15) is 4.79 Å². The summed E-state index contributed by atoms with van der Waals surface area (Å²) in [5.41, 5.74) is 0.871. The van der Waals surface area contributed by atoms with Gasteiger partial charge in [-0.25, -0.2) is 4.79 Å². The van der Waals surface area contributed by atoms with Crippen LogP contribution < -0.4 is 5.32 Å². The van der Waals surface area contributed by atoms with Crippen molar-refractivity contribution in [2.75, 3.05) is 24.7 Å². The average Bonchev–Trinajstić information content (AvgIpc) is 2.39. The molecule has 98 valence electrons. The Morgan fingerprint density at radius 1 is 1.39 bits per heavy atom. The predicted molar refractivity (Wildman–Crippen MR) is 77.2 cm³/mol. The van der Waals surface area contributed by atoms with E-state index >= 15 is 0 Å². The molecule has 1 N–H and O–H groups in total. The molecule has 1 fully saturated rings. The molecule has 0 spiro atoms. The maximum Gasteiger partial charge on any atom is 0.321 e. The lowest BCUT2D eigenvalue weighted by Crippen LogP contribution is -2.41. The van der Waals surface area contributed by atoms with Gasteiger partial charge in [0.05, 0.1) is 0 Å². The van der Waals surface area contributed by atoms with Crippen LogP contribution in [0.5, 0.6) is 0 Å². The number of carbonyl (C=O) groups excluding carboxylic acids is 1. The van der Waals surface area contributed by atoms with Crippen LogP contribution in [-0.2, 0) is 0 Å². The van der Waals surface area contributed by atoms with E-state index < -0.39 is 0 Å². The summed E-state index contributed by atoms with van der Waals surface area (Å²) in [6.45, 7) is 3.94. The molecule has 1 aliphatic heterocycles. The van der Waals surface area contributed by atoms with Crippen molar-refractivity contribution in [3.05, 3.63) is 24.3 Å². The highest BCUT2D eigenvalue weighted by Crippen LogP contribution is 2.19. The number of urea groups is 1. The fraction of sp³-hybridized carbons (Fsp3) is 0.500. The predicted octanol–water partition coefficient (Wildman–Crippen LogP) is 3.67. The molecule has 1 aromatic carbocycles. The Bertz CT molecular complexity index is 405. The van der Waals surface area contributed by atoms with Crippen molar-refractivity contribution in [2.45, 2.75) is 24.7 Å². The van der Waals surface area contributed by atoms with Gasteiger partial charge in [-0.15, -0.1) is 11.8 Å². The third-order valence-electron chi connectivity index (χ3n) is 3.29. The van der Waals surface area contributed by atoms with Crippen LogP contribution >= 0.6 is 11.8 Å². The average molecular weight is 264 g/mol. The highest BCUT2D eigenvalue weighted by Gasteiger charge is 2.20. The molecule has 0 aromatic heterocycles. The largest absolute Gasteiger partial charge is 0.324 e. The van der Waals surface area contributed by atoms with Gasteiger partial charge < -0.3 is 10.2 Å². The van der Waals surface area contributed by atoms with E-state index in [-0.39, 0.29) is 6.03 Å². The standard InChI is InChI=1S/C14H20N2OS/c1-11-4-3-9-16(10-11)14(17)15-12-5-7-13(18-2)8-6-12/h5-8,11H,3-4,9-10H2,1-2H3,(H,15,17). The highest BCUT2D eigenvalue weighted by atomic mass is 32.2. The number of anilines is 1. The van der Waals surface area contributed by atoms with Crippen LogP contribution in [0.15, 0.2) is 29.2 Å². The van der Waals surface area contributed by atoms with Crippen LogP contribution in [0.4, 0.5) is 10.5 Å². The number of benzene rings is 1. The van der Waals surface area contributed by atoms with E-state index in [1.54, 1.807) is 11.8 Å². The summed E-state index contributed by atoms with van der Waals surface area (Å²) in [6, 6.07) is 7.99. The first-order valence-corrected chi connectivity index (χ1v) is 7.61. The Kier molecular flexibility index (Phi) is 4.53. The third-order valence-corrected chi connectivity index (χ3v) is 4.03. The van der Waals surface area contributed by atoms with Gasteiger partial charge in [0.2, 0.25) is 0 Å². The molecule has 1 atom stereocenters. The molecule has 0 bridgehead atoms. The van der Waals surface area contributed by atoms with Crippen LogP contribution in [0, 0.1) is 5.92 Å². The Morgan fingerprint density at radius 3 is 2.72 bits per heavy atom. The topological polar surface area (TPSA) is 32.3 Å². The molecule has 0 aliphatic carbocycles. The fourth-order valence-electron chi connectivity index (χ4n) is 2.25. The second kappa shape index (κ2) is 6.14. The van der Waals surface area contributed by atoms with Gasteiger partial charge in [-0.3, -0.25) is 0 Å². The number of nitrogens with one attached hydrogen (secondary N) is 1. The molecule has 0 saturated carbocycles. The fourth-order valence-corrected chi connectivity index (χ4v) is 2.66. The number of carbonyl (C=O) groups is 1. The number of hydrogen-bond donors (Lipinski definition) is 1. The Morgan fingerprint density at radius 2 is 2.11 bits per heavy atom. The monoisotopic (exact) mass is 264 g/mol. The third kappa shape index (κ3) is 3.42. The van der Waals surface area contributed by atoms with Crippen LogP contribution in [0.25, 0.3) is 0 Å². The first-order chi connectivity index (χ1) is 8.69. The highest BCUT2D eigenvalue weighted by molar-refractivity contribution is 7.98. The van der Waals surface area contributed by atoms with Crippen molar-refractivity contribution in [1.82, 2.24) is 4.90 Å². The van der Waals surface area contributed by atoms with E-state index in [1.165, 1.54) is 11.3 Å². The number of piperidine rings is 1. The van der Waals surface area contributed by atoms with Gasteiger partial charge >= 0.3 is 6.03 Å². The lowest BCUT2D eigenvalue weighted by molar-refractivity contribution is 0.182. The molecule has 1 saturated heterocycles. The molecule has 1 unspecified atom stereocenters. The minimum absolute atomic E-state index is 0.0263. The zero-order chi connectivity index (χ0) is 13.0. The van der Waals surface area contributed by atoms with Gasteiger partial charge in [0, 0.05) is 23.7 Å². The van der Waals surface area contributed by atoms with Crippen LogP contribution in [0.2, 0.25) is 0 Å². The summed E-state index contributed by atoms with van der Waals surface area (Å²) >= 11 is 1.70. The van der Waals surface area contributed by atoms with Gasteiger partial charge in [0.25, 0.3) is 0 Å². The normalized spacial score (nSPS) is 19.7. The molecule has 3 nitrogen and oxygen atoms in total. The number of rotatable bonds is 2. The first-order valence-electron chi connectivity index (χ1n) is 6.39. The zero-order valence-electron chi connectivity index (χ0n) is 11.0. The molecule has 0 radical (unpaired) electrons. The summed E-state index contributed by atoms with van der Waals surface area (Å²) in [5, 5.41) is 2.96. The molecular formula is C14H20N2OS. The van der Waals surface area contributed by atoms with Gasteiger partial charge in [0.15, 0.2) is 0 Å². The van der Waals surface area contributed by atoms with Crippen molar-refractivity contribution in [3.63, 3.8) is 0 Å². The number of thioether (sulfide) groups is 1. The van der Waals surface area contributed by atoms with Gasteiger partial charge in [-0.05, 0) is 49.3 Å². The van der Waals surface area contributed by atoms with E-state index in [4.69, 9.17) is 0 Å². The van der Waals surface area contributed by atoms with Gasteiger partial charge in [0.1, 0.15) is 0 Å². The summed E-state index contributed by atoms with van der Waals surface area (Å²) in [4.78, 5) is 15.2. The summed E-state index contributed by atoms with van der Waals surface area (Å²) in [6.07, 6.45) is 4.38. The number of likely N-dealkylation sites (tertiary alicyclic amines) is 1. The Hall–Kier alpha value is -1.16. The van der Waals surface area contributed by atoms with Gasteiger partial charge in [-0.1, -0.05) is 6.92 Å². The van der Waals surface area contributed by atoms with Crippen LogP contribution in [0.1, 0.15) is 19.8 Å². The summed E-state index contributed by atoms with van der Waals surface area (Å²) in [7, 11) is 0. The molecule has 4 heteroatoms. The Balaban J connectivity index is 1.93. The number of nitrogens with zero attached hydrogens (tertiary/aromatic N) is 1. The van der Waals surface area contributed by atoms with Crippen molar-refractivity contribution in [2.24, 2.45) is 5.92 Å². The second-order valence-corrected chi connectivity index (χ2v) is 5.73. The van der Waals surface area contributed by atoms with E-state index in [0.717, 1.165) is 25.2 Å². The lowest BCUT2D eigenvalue weighted by Gasteiger charge is -2.30.